The van der Waals surface area contributed by atoms with Crippen molar-refractivity contribution in [2.75, 3.05) is 0 Å². The van der Waals surface area contributed by atoms with Crippen molar-refractivity contribution in [1.29, 1.82) is 0 Å². The lowest BCUT2D eigenvalue weighted by molar-refractivity contribution is -0.714. The van der Waals surface area contributed by atoms with Crippen LogP contribution in [0.3, 0.4) is 0 Å². The number of aryl methyl sites for hydroxylation is 2. The van der Waals surface area contributed by atoms with Crippen molar-refractivity contribution in [3.8, 4) is 17.0 Å². The van der Waals surface area contributed by atoms with E-state index in [-0.39, 0.29) is 0 Å². The number of fused-ring (bicyclic) bond motifs is 3. The third-order valence-corrected chi connectivity index (χ3v) is 6.97. The molecule has 2 atom stereocenters. The maximum Gasteiger partial charge on any atom is 0.213 e. The van der Waals surface area contributed by atoms with E-state index in [4.69, 9.17) is 0 Å². The molecular formula is C30H34NO+. The van der Waals surface area contributed by atoms with Crippen LogP contribution in [0.4, 0.5) is 0 Å². The van der Waals surface area contributed by atoms with Crippen molar-refractivity contribution in [3.63, 3.8) is 0 Å². The van der Waals surface area contributed by atoms with Crippen LogP contribution in [0.2, 0.25) is 0 Å². The lowest BCUT2D eigenvalue weighted by Crippen LogP contribution is -2.45. The summed E-state index contributed by atoms with van der Waals surface area (Å²) in [6, 6.07) is 19.5. The van der Waals surface area contributed by atoms with Gasteiger partial charge in [0.15, 0.2) is 12.2 Å². The van der Waals surface area contributed by atoms with E-state index < -0.39 is 0 Å². The van der Waals surface area contributed by atoms with Crippen LogP contribution >= 0.6 is 0 Å². The molecule has 2 aromatic carbocycles. The minimum absolute atomic E-state index is 0.365. The predicted octanol–water partition coefficient (Wildman–Crippen LogP) is 7.15. The molecular weight excluding hydrogens is 390 g/mol. The molecule has 2 heteroatoms. The first kappa shape index (κ1) is 22.1. The molecule has 0 saturated carbocycles. The molecule has 1 aliphatic heterocycles. The molecule has 1 aliphatic rings. The number of nitrogens with zero attached hydrogens (tertiary/aromatic N) is 1. The highest BCUT2D eigenvalue weighted by Gasteiger charge is 2.36. The van der Waals surface area contributed by atoms with Crippen LogP contribution in [0.25, 0.3) is 11.3 Å². The van der Waals surface area contributed by atoms with E-state index in [0.29, 0.717) is 17.7 Å². The fraction of sp³-hybridized carbons (Fsp3) is 0.300. The average Bonchev–Trinajstić information content (AvgIpc) is 2.79. The van der Waals surface area contributed by atoms with Crippen molar-refractivity contribution in [3.05, 3.63) is 107 Å². The summed E-state index contributed by atoms with van der Waals surface area (Å²) in [4.78, 5) is 0. The summed E-state index contributed by atoms with van der Waals surface area (Å²) in [5.74, 6) is 0.819. The van der Waals surface area contributed by atoms with Gasteiger partial charge in [-0.3, -0.25) is 0 Å². The van der Waals surface area contributed by atoms with E-state index >= 15 is 0 Å². The molecule has 0 saturated heterocycles. The molecule has 3 aromatic rings. The molecule has 0 spiro atoms. The van der Waals surface area contributed by atoms with Gasteiger partial charge in [0.1, 0.15) is 5.75 Å². The van der Waals surface area contributed by atoms with Gasteiger partial charge in [0.2, 0.25) is 5.69 Å². The second-order valence-electron chi connectivity index (χ2n) is 9.30. The highest BCUT2D eigenvalue weighted by Crippen LogP contribution is 2.41. The Kier molecular flexibility index (Phi) is 6.32. The molecule has 0 bridgehead atoms. The Morgan fingerprint density at radius 2 is 1.81 bits per heavy atom. The maximum absolute atomic E-state index is 10.1. The van der Waals surface area contributed by atoms with Crippen LogP contribution in [-0.4, -0.2) is 5.11 Å². The zero-order valence-corrected chi connectivity index (χ0v) is 19.7. The monoisotopic (exact) mass is 424 g/mol. The third kappa shape index (κ3) is 4.41. The molecule has 1 N–H and O–H groups in total. The molecule has 0 aliphatic carbocycles. The molecule has 164 valence electrons. The van der Waals surface area contributed by atoms with Crippen LogP contribution < -0.4 is 4.57 Å². The Bertz CT molecular complexity index is 1190. The van der Waals surface area contributed by atoms with Gasteiger partial charge in [0.25, 0.3) is 0 Å². The summed E-state index contributed by atoms with van der Waals surface area (Å²) in [6.45, 7) is 13.1. The predicted molar refractivity (Wildman–Crippen MR) is 133 cm³/mol. The van der Waals surface area contributed by atoms with E-state index in [2.05, 4.69) is 93.6 Å². The first-order chi connectivity index (χ1) is 15.3. The number of aromatic hydroxyl groups is 1. The SMILES string of the molecule is C=C(CCC1c2cc(C)ccc2-c2cccc[n+]2C1C)/C(C)=C\Cc1cc(C)ccc1O. The minimum atomic E-state index is 0.365. The van der Waals surface area contributed by atoms with Gasteiger partial charge in [-0.2, -0.15) is 4.57 Å². The second-order valence-corrected chi connectivity index (χ2v) is 9.30. The smallest absolute Gasteiger partial charge is 0.213 e. The molecule has 4 rings (SSSR count). The summed E-state index contributed by atoms with van der Waals surface area (Å²) in [6.07, 6.45) is 7.17. The third-order valence-electron chi connectivity index (χ3n) is 6.97. The minimum Gasteiger partial charge on any atom is -0.508 e. The van der Waals surface area contributed by atoms with Crippen molar-refractivity contribution in [2.24, 2.45) is 0 Å². The van der Waals surface area contributed by atoms with Crippen LogP contribution in [0.5, 0.6) is 5.75 Å². The van der Waals surface area contributed by atoms with Gasteiger partial charge in [0, 0.05) is 23.6 Å². The lowest BCUT2D eigenvalue weighted by atomic mass is 9.79. The molecule has 0 fully saturated rings. The van der Waals surface area contributed by atoms with Gasteiger partial charge in [-0.25, -0.2) is 0 Å². The molecule has 1 aromatic heterocycles. The number of rotatable bonds is 6. The number of pyridine rings is 1. The fourth-order valence-electron chi connectivity index (χ4n) is 4.92. The van der Waals surface area contributed by atoms with Crippen LogP contribution in [-0.2, 0) is 6.42 Å². The standard InChI is InChI=1S/C30H33NO/c1-20-10-16-30(32)25(18-20)13-11-22(3)23(4)12-15-26-24(5)31-17-7-6-8-29(31)27-14-9-21(2)19-28(26)27/h6-11,14,16-19,24,26H,4,12-13,15H2,1-3,5H3/p+1/b22-11-. The molecule has 32 heavy (non-hydrogen) atoms. The van der Waals surface area contributed by atoms with Crippen molar-refractivity contribution in [1.82, 2.24) is 0 Å². The molecule has 2 heterocycles. The lowest BCUT2D eigenvalue weighted by Gasteiger charge is -2.29. The van der Waals surface area contributed by atoms with Gasteiger partial charge in [-0.15, -0.1) is 0 Å². The summed E-state index contributed by atoms with van der Waals surface area (Å²) in [7, 11) is 0. The number of benzene rings is 2. The van der Waals surface area contributed by atoms with Gasteiger partial charge >= 0.3 is 0 Å². The number of hydrogen-bond donors (Lipinski definition) is 1. The average molecular weight is 425 g/mol. The zero-order valence-electron chi connectivity index (χ0n) is 19.7. The van der Waals surface area contributed by atoms with Crippen LogP contribution in [0, 0.1) is 13.8 Å². The van der Waals surface area contributed by atoms with Crippen molar-refractivity contribution >= 4 is 0 Å². The van der Waals surface area contributed by atoms with Crippen molar-refractivity contribution in [2.45, 2.75) is 58.9 Å². The first-order valence-electron chi connectivity index (χ1n) is 11.6. The van der Waals surface area contributed by atoms with E-state index in [9.17, 15) is 5.11 Å². The largest absolute Gasteiger partial charge is 0.508 e. The van der Waals surface area contributed by atoms with Crippen LogP contribution in [0.15, 0.2) is 84.6 Å². The number of allylic oxidation sites excluding steroid dienone is 3. The fourth-order valence-corrected chi connectivity index (χ4v) is 4.92. The normalized spacial score (nSPS) is 17.6. The molecule has 2 nitrogen and oxygen atoms in total. The summed E-state index contributed by atoms with van der Waals surface area (Å²) < 4.78 is 2.42. The summed E-state index contributed by atoms with van der Waals surface area (Å²) in [5.41, 5.74) is 9.97. The number of hydrogen-bond acceptors (Lipinski definition) is 1. The maximum atomic E-state index is 10.1. The van der Waals surface area contributed by atoms with E-state index in [0.717, 1.165) is 24.8 Å². The quantitative estimate of drug-likeness (QED) is 0.330. The zero-order chi connectivity index (χ0) is 22.8. The number of phenols is 1. The molecule has 2 unspecified atom stereocenters. The molecule has 0 radical (unpaired) electrons. The van der Waals surface area contributed by atoms with Gasteiger partial charge in [-0.1, -0.05) is 59.2 Å². The Morgan fingerprint density at radius 1 is 1.06 bits per heavy atom. The van der Waals surface area contributed by atoms with Gasteiger partial charge in [0.05, 0.1) is 0 Å². The summed E-state index contributed by atoms with van der Waals surface area (Å²) in [5, 5.41) is 10.1. The Balaban J connectivity index is 1.51. The topological polar surface area (TPSA) is 24.1 Å². The second kappa shape index (κ2) is 9.16. The Hall–Kier alpha value is -3.13. The Labute approximate surface area is 192 Å². The van der Waals surface area contributed by atoms with E-state index in [1.54, 1.807) is 6.07 Å². The summed E-state index contributed by atoms with van der Waals surface area (Å²) >= 11 is 0. The number of phenolic OH excluding ortho intramolecular Hbond substituents is 1. The first-order valence-corrected chi connectivity index (χ1v) is 11.6. The van der Waals surface area contributed by atoms with Crippen molar-refractivity contribution < 1.29 is 9.67 Å². The van der Waals surface area contributed by atoms with E-state index in [1.807, 2.05) is 6.07 Å². The van der Waals surface area contributed by atoms with Gasteiger partial charge < -0.3 is 5.11 Å². The Morgan fingerprint density at radius 3 is 2.62 bits per heavy atom. The van der Waals surface area contributed by atoms with Gasteiger partial charge in [-0.05, 0) is 76.3 Å². The molecule has 0 amide bonds. The van der Waals surface area contributed by atoms with Crippen LogP contribution in [0.1, 0.15) is 60.9 Å². The van der Waals surface area contributed by atoms with E-state index in [1.165, 1.54) is 39.1 Å². The number of aromatic nitrogens is 1. The highest BCUT2D eigenvalue weighted by molar-refractivity contribution is 5.64. The highest BCUT2D eigenvalue weighted by atomic mass is 16.3.